The number of hydrogen-bond donors (Lipinski definition) is 1. The van der Waals surface area contributed by atoms with Crippen LogP contribution in [0.25, 0.3) is 0 Å². The Morgan fingerprint density at radius 3 is 2.64 bits per heavy atom. The molecule has 1 aromatic carbocycles. The van der Waals surface area contributed by atoms with Crippen molar-refractivity contribution in [3.63, 3.8) is 0 Å². The van der Waals surface area contributed by atoms with Crippen molar-refractivity contribution in [3.8, 4) is 0 Å². The topological polar surface area (TPSA) is 50.2 Å². The molecule has 0 spiro atoms. The molecule has 0 amide bonds. The zero-order chi connectivity index (χ0) is 10.7. The third-order valence-electron chi connectivity index (χ3n) is 1.90. The van der Waals surface area contributed by atoms with Crippen molar-refractivity contribution in [2.24, 2.45) is 0 Å². The van der Waals surface area contributed by atoms with E-state index in [2.05, 4.69) is 4.74 Å². The van der Waals surface area contributed by atoms with Crippen LogP contribution in [0.15, 0.2) is 18.2 Å². The van der Waals surface area contributed by atoms with Gasteiger partial charge in [-0.25, -0.2) is 4.79 Å². The highest BCUT2D eigenvalue weighted by atomic mass is 127. The van der Waals surface area contributed by atoms with Crippen LogP contribution in [0.1, 0.15) is 21.5 Å². The Hall–Kier alpha value is -0.910. The van der Waals surface area contributed by atoms with Gasteiger partial charge in [-0.3, -0.25) is 5.41 Å². The van der Waals surface area contributed by atoms with Crippen LogP contribution in [0.3, 0.4) is 0 Å². The molecule has 0 heterocycles. The van der Waals surface area contributed by atoms with E-state index in [1.54, 1.807) is 12.1 Å². The molecule has 74 valence electrons. The Balaban J connectivity index is 3.19. The Bertz CT molecular complexity index is 388. The van der Waals surface area contributed by atoms with Crippen molar-refractivity contribution in [2.75, 3.05) is 7.11 Å². The van der Waals surface area contributed by atoms with E-state index in [0.29, 0.717) is 9.28 Å². The number of nitrogens with one attached hydrogen (secondary N) is 1. The molecule has 0 fully saturated rings. The van der Waals surface area contributed by atoms with Gasteiger partial charge in [-0.05, 0) is 47.2 Å². The molecule has 0 aromatic heterocycles. The van der Waals surface area contributed by atoms with Crippen molar-refractivity contribution in [3.05, 3.63) is 34.9 Å². The van der Waals surface area contributed by atoms with Gasteiger partial charge in [0.25, 0.3) is 0 Å². The number of rotatable bonds is 2. The molecule has 0 radical (unpaired) electrons. The van der Waals surface area contributed by atoms with Crippen molar-refractivity contribution in [1.82, 2.24) is 0 Å². The predicted octanol–water partition coefficient (Wildman–Crippen LogP) is 2.54. The first-order valence-corrected chi connectivity index (χ1v) is 5.07. The number of benzene rings is 1. The van der Waals surface area contributed by atoms with Gasteiger partial charge in [-0.15, -0.1) is 0 Å². The Labute approximate surface area is 96.1 Å². The molecule has 0 unspecified atom stereocenters. The summed E-state index contributed by atoms with van der Waals surface area (Å²) in [7, 11) is 1.34. The zero-order valence-electron chi connectivity index (χ0n) is 7.93. The van der Waals surface area contributed by atoms with Crippen molar-refractivity contribution >= 4 is 32.3 Å². The number of aryl methyl sites for hydroxylation is 1. The highest BCUT2D eigenvalue weighted by molar-refractivity contribution is 14.1. The van der Waals surface area contributed by atoms with Gasteiger partial charge in [0.05, 0.1) is 16.4 Å². The molecule has 1 N–H and O–H groups in total. The smallest absolute Gasteiger partial charge is 0.337 e. The molecule has 0 saturated heterocycles. The van der Waals surface area contributed by atoms with E-state index in [0.717, 1.165) is 11.1 Å². The molecular formula is C10H10INO2. The molecule has 0 aliphatic heterocycles. The van der Waals surface area contributed by atoms with E-state index >= 15 is 0 Å². The summed E-state index contributed by atoms with van der Waals surface area (Å²) >= 11 is 1.92. The number of carbonyl (C=O) groups excluding carboxylic acids is 1. The molecule has 0 atom stereocenters. The van der Waals surface area contributed by atoms with Crippen LogP contribution in [-0.2, 0) is 4.74 Å². The molecule has 4 heteroatoms. The molecule has 3 nitrogen and oxygen atoms in total. The maximum absolute atomic E-state index is 11.2. The summed E-state index contributed by atoms with van der Waals surface area (Å²) in [5.74, 6) is -0.371. The average molecular weight is 303 g/mol. The van der Waals surface area contributed by atoms with Gasteiger partial charge in [0.2, 0.25) is 0 Å². The standard InChI is InChI=1S/C10H10INO2/c1-6-3-4-7(10(13)14-2)5-8(6)9(11)12/h3-5,12H,1-2H3. The highest BCUT2D eigenvalue weighted by Crippen LogP contribution is 2.15. The number of halogens is 1. The first-order chi connectivity index (χ1) is 6.56. The zero-order valence-corrected chi connectivity index (χ0v) is 10.1. The second-order valence-corrected chi connectivity index (χ2v) is 3.91. The van der Waals surface area contributed by atoms with Crippen LogP contribution >= 0.6 is 22.6 Å². The number of ether oxygens (including phenoxy) is 1. The maximum atomic E-state index is 11.2. The normalized spacial score (nSPS) is 9.64. The summed E-state index contributed by atoms with van der Waals surface area (Å²) in [5, 5.41) is 7.51. The fourth-order valence-corrected chi connectivity index (χ4v) is 1.68. The van der Waals surface area contributed by atoms with Crippen LogP contribution < -0.4 is 0 Å². The van der Waals surface area contributed by atoms with E-state index < -0.39 is 0 Å². The van der Waals surface area contributed by atoms with E-state index in [9.17, 15) is 4.79 Å². The van der Waals surface area contributed by atoms with Gasteiger partial charge in [0, 0.05) is 5.56 Å². The summed E-state index contributed by atoms with van der Waals surface area (Å²) in [6.07, 6.45) is 0. The van der Waals surface area contributed by atoms with E-state index in [4.69, 9.17) is 5.41 Å². The number of esters is 1. The molecule has 1 rings (SSSR count). The Morgan fingerprint density at radius 1 is 1.50 bits per heavy atom. The average Bonchev–Trinajstić information content (AvgIpc) is 2.17. The molecule has 0 aliphatic carbocycles. The van der Waals surface area contributed by atoms with Crippen LogP contribution in [0, 0.1) is 12.3 Å². The van der Waals surface area contributed by atoms with Crippen LogP contribution in [0.4, 0.5) is 0 Å². The Morgan fingerprint density at radius 2 is 2.14 bits per heavy atom. The van der Waals surface area contributed by atoms with Gasteiger partial charge < -0.3 is 4.74 Å². The lowest BCUT2D eigenvalue weighted by molar-refractivity contribution is 0.0600. The summed E-state index contributed by atoms with van der Waals surface area (Å²) in [6, 6.07) is 5.19. The fraction of sp³-hybridized carbons (Fsp3) is 0.200. The molecule has 1 aromatic rings. The van der Waals surface area contributed by atoms with Crippen molar-refractivity contribution in [2.45, 2.75) is 6.92 Å². The molecular weight excluding hydrogens is 293 g/mol. The van der Waals surface area contributed by atoms with Crippen LogP contribution in [0.2, 0.25) is 0 Å². The van der Waals surface area contributed by atoms with Gasteiger partial charge in [0.15, 0.2) is 0 Å². The van der Waals surface area contributed by atoms with Crippen molar-refractivity contribution in [1.29, 1.82) is 5.41 Å². The number of carbonyl (C=O) groups is 1. The second kappa shape index (κ2) is 4.54. The van der Waals surface area contributed by atoms with Gasteiger partial charge in [-0.1, -0.05) is 6.07 Å². The van der Waals surface area contributed by atoms with E-state index in [-0.39, 0.29) is 5.97 Å². The van der Waals surface area contributed by atoms with E-state index in [1.165, 1.54) is 7.11 Å². The molecule has 0 saturated carbocycles. The maximum Gasteiger partial charge on any atom is 0.337 e. The molecule has 0 bridgehead atoms. The Kier molecular flexibility index (Phi) is 3.62. The van der Waals surface area contributed by atoms with Crippen molar-refractivity contribution < 1.29 is 9.53 Å². The SMILES string of the molecule is COC(=O)c1ccc(C)c(C(=N)I)c1. The molecule has 0 aliphatic rings. The first kappa shape index (κ1) is 11.2. The third-order valence-corrected chi connectivity index (χ3v) is 2.48. The quantitative estimate of drug-likeness (QED) is 0.518. The van der Waals surface area contributed by atoms with Crippen LogP contribution in [-0.4, -0.2) is 16.8 Å². The second-order valence-electron chi connectivity index (χ2n) is 2.84. The highest BCUT2D eigenvalue weighted by Gasteiger charge is 2.09. The lowest BCUT2D eigenvalue weighted by atomic mass is 10.1. The third kappa shape index (κ3) is 2.31. The van der Waals surface area contributed by atoms with Gasteiger partial charge in [-0.2, -0.15) is 0 Å². The largest absolute Gasteiger partial charge is 0.465 e. The summed E-state index contributed by atoms with van der Waals surface area (Å²) in [4.78, 5) is 11.2. The van der Waals surface area contributed by atoms with Gasteiger partial charge in [0.1, 0.15) is 0 Å². The first-order valence-electron chi connectivity index (χ1n) is 3.99. The summed E-state index contributed by atoms with van der Waals surface area (Å²) in [5.41, 5.74) is 2.24. The summed E-state index contributed by atoms with van der Waals surface area (Å²) in [6.45, 7) is 1.91. The lowest BCUT2D eigenvalue weighted by Gasteiger charge is -2.05. The van der Waals surface area contributed by atoms with Crippen LogP contribution in [0.5, 0.6) is 0 Å². The summed E-state index contributed by atoms with van der Waals surface area (Å²) < 4.78 is 5.02. The minimum atomic E-state index is -0.371. The fourth-order valence-electron chi connectivity index (χ4n) is 1.10. The predicted molar refractivity (Wildman–Crippen MR) is 63.4 cm³/mol. The molecule has 14 heavy (non-hydrogen) atoms. The minimum Gasteiger partial charge on any atom is -0.465 e. The monoisotopic (exact) mass is 303 g/mol. The number of methoxy groups -OCH3 is 1. The lowest BCUT2D eigenvalue weighted by Crippen LogP contribution is -2.03. The minimum absolute atomic E-state index is 0.371. The van der Waals surface area contributed by atoms with Gasteiger partial charge >= 0.3 is 5.97 Å². The van der Waals surface area contributed by atoms with E-state index in [1.807, 2.05) is 35.6 Å². The number of hydrogen-bond acceptors (Lipinski definition) is 3.